The summed E-state index contributed by atoms with van der Waals surface area (Å²) < 4.78 is 19.4. The average molecular weight is 451 g/mol. The highest BCUT2D eigenvalue weighted by Crippen LogP contribution is 2.37. The van der Waals surface area contributed by atoms with Crippen molar-refractivity contribution in [1.82, 2.24) is 4.90 Å². The molecule has 6 heteroatoms. The maximum absolute atomic E-state index is 13.5. The molecule has 1 aliphatic rings. The lowest BCUT2D eigenvalue weighted by molar-refractivity contribution is 0.192. The summed E-state index contributed by atoms with van der Waals surface area (Å²) in [5, 5.41) is 18.9. The van der Waals surface area contributed by atoms with Crippen LogP contribution in [0.1, 0.15) is 22.7 Å². The van der Waals surface area contributed by atoms with Gasteiger partial charge < -0.3 is 24.7 Å². The maximum atomic E-state index is 13.5. The van der Waals surface area contributed by atoms with Gasteiger partial charge in [0.15, 0.2) is 0 Å². The molecule has 0 saturated heterocycles. The van der Waals surface area contributed by atoms with E-state index in [-0.39, 0.29) is 24.2 Å². The van der Waals surface area contributed by atoms with Crippen molar-refractivity contribution in [2.45, 2.75) is 18.9 Å². The molecule has 0 amide bonds. The number of hydrogen-bond donors (Lipinski definition) is 2. The number of aromatic hydroxyl groups is 1. The Morgan fingerprint density at radius 1 is 1.03 bits per heavy atom. The Morgan fingerprint density at radius 3 is 2.52 bits per heavy atom. The molecule has 1 atom stereocenters. The van der Waals surface area contributed by atoms with Gasteiger partial charge in [-0.05, 0) is 85.1 Å². The lowest BCUT2D eigenvalue weighted by Crippen LogP contribution is -2.36. The number of anilines is 1. The van der Waals surface area contributed by atoms with E-state index >= 15 is 0 Å². The monoisotopic (exact) mass is 450 g/mol. The van der Waals surface area contributed by atoms with E-state index in [1.54, 1.807) is 6.07 Å². The van der Waals surface area contributed by atoms with Crippen molar-refractivity contribution in [2.75, 3.05) is 44.8 Å². The normalized spacial score (nSPS) is 15.5. The molecule has 0 radical (unpaired) electrons. The average Bonchev–Trinajstić information content (AvgIpc) is 2.81. The Labute approximate surface area is 194 Å². The van der Waals surface area contributed by atoms with Crippen LogP contribution in [-0.4, -0.2) is 55.0 Å². The molecule has 3 aromatic rings. The van der Waals surface area contributed by atoms with Gasteiger partial charge >= 0.3 is 0 Å². The highest BCUT2D eigenvalue weighted by atomic mass is 19.1. The van der Waals surface area contributed by atoms with Crippen molar-refractivity contribution >= 4 is 5.69 Å². The van der Waals surface area contributed by atoms with Crippen LogP contribution in [0.25, 0.3) is 0 Å². The van der Waals surface area contributed by atoms with Gasteiger partial charge in [0.1, 0.15) is 23.9 Å². The van der Waals surface area contributed by atoms with Crippen LogP contribution in [0.4, 0.5) is 10.1 Å². The molecule has 0 aromatic heterocycles. The van der Waals surface area contributed by atoms with Crippen molar-refractivity contribution in [3.05, 3.63) is 89.2 Å². The molecule has 0 spiro atoms. The minimum absolute atomic E-state index is 0.0821. The van der Waals surface area contributed by atoms with Gasteiger partial charge in [-0.3, -0.25) is 0 Å². The minimum Gasteiger partial charge on any atom is -0.508 e. The van der Waals surface area contributed by atoms with Gasteiger partial charge in [-0.2, -0.15) is 0 Å². The Morgan fingerprint density at radius 2 is 1.79 bits per heavy atom. The zero-order chi connectivity index (χ0) is 23.2. The first-order chi connectivity index (χ1) is 16.0. The Balaban J connectivity index is 1.50. The van der Waals surface area contributed by atoms with Crippen LogP contribution in [0.3, 0.4) is 0 Å². The summed E-state index contributed by atoms with van der Waals surface area (Å²) in [6.45, 7) is 2.89. The van der Waals surface area contributed by atoms with Crippen molar-refractivity contribution < 1.29 is 19.3 Å². The molecule has 5 nitrogen and oxygen atoms in total. The predicted octanol–water partition coefficient (Wildman–Crippen LogP) is 4.18. The topological polar surface area (TPSA) is 56.2 Å². The van der Waals surface area contributed by atoms with Crippen molar-refractivity contribution in [2.24, 2.45) is 0 Å². The zero-order valence-electron chi connectivity index (χ0n) is 19.0. The lowest BCUT2D eigenvalue weighted by atomic mass is 9.88. The minimum atomic E-state index is -0.240. The summed E-state index contributed by atoms with van der Waals surface area (Å²) in [5.74, 6) is 0.866. The number of phenols is 1. The number of fused-ring (bicyclic) bond motifs is 1. The Bertz CT molecular complexity index is 1040. The lowest BCUT2D eigenvalue weighted by Gasteiger charge is -2.39. The van der Waals surface area contributed by atoms with Crippen LogP contribution in [-0.2, 0) is 12.8 Å². The number of rotatable bonds is 9. The summed E-state index contributed by atoms with van der Waals surface area (Å²) in [6.07, 6.45) is 1.61. The first-order valence-electron chi connectivity index (χ1n) is 11.4. The fourth-order valence-corrected chi connectivity index (χ4v) is 4.41. The van der Waals surface area contributed by atoms with Crippen LogP contribution in [0.5, 0.6) is 11.5 Å². The second-order valence-electron chi connectivity index (χ2n) is 8.54. The largest absolute Gasteiger partial charge is 0.508 e. The van der Waals surface area contributed by atoms with E-state index in [9.17, 15) is 9.50 Å². The molecule has 1 heterocycles. The summed E-state index contributed by atoms with van der Waals surface area (Å²) in [4.78, 5) is 4.34. The molecule has 0 fully saturated rings. The number of ether oxygens (including phenoxy) is 1. The molecule has 0 saturated carbocycles. The molecule has 2 N–H and O–H groups in total. The third kappa shape index (κ3) is 5.83. The number of halogens is 1. The first kappa shape index (κ1) is 23.1. The third-order valence-corrected chi connectivity index (χ3v) is 6.22. The number of phenolic OH excluding ortho intramolecular Hbond substituents is 1. The number of likely N-dealkylation sites (N-methyl/N-ethyl adjacent to an activating group) is 1. The fraction of sp³-hybridized carbons (Fsp3) is 0.333. The van der Waals surface area contributed by atoms with Gasteiger partial charge in [-0.25, -0.2) is 4.39 Å². The number of aliphatic hydroxyl groups is 1. The van der Waals surface area contributed by atoms with Gasteiger partial charge in [0, 0.05) is 25.3 Å². The standard InChI is InChI=1S/C27H31FN2O3/c1-29(14-16-31)15-17-33-25-9-2-20(3-10-25)18-27-26-11-8-24(32)19-21(26)12-13-30(27)23-6-4-22(28)5-7-23/h2-11,19,27,31-32H,12-18H2,1H3. The second kappa shape index (κ2) is 10.7. The maximum Gasteiger partial charge on any atom is 0.123 e. The number of benzene rings is 3. The van der Waals surface area contributed by atoms with E-state index < -0.39 is 0 Å². The molecule has 33 heavy (non-hydrogen) atoms. The van der Waals surface area contributed by atoms with Crippen LogP contribution in [0.15, 0.2) is 66.7 Å². The number of hydrogen-bond acceptors (Lipinski definition) is 5. The van der Waals surface area contributed by atoms with Gasteiger partial charge in [0.2, 0.25) is 0 Å². The van der Waals surface area contributed by atoms with Gasteiger partial charge in [-0.1, -0.05) is 18.2 Å². The van der Waals surface area contributed by atoms with E-state index in [1.807, 2.05) is 48.3 Å². The summed E-state index contributed by atoms with van der Waals surface area (Å²) in [5.41, 5.74) is 4.52. The van der Waals surface area contributed by atoms with E-state index in [0.717, 1.165) is 42.9 Å². The summed E-state index contributed by atoms with van der Waals surface area (Å²) in [6, 6.07) is 20.5. The zero-order valence-corrected chi connectivity index (χ0v) is 19.0. The van der Waals surface area contributed by atoms with Gasteiger partial charge in [0.25, 0.3) is 0 Å². The summed E-state index contributed by atoms with van der Waals surface area (Å²) in [7, 11) is 1.96. The van der Waals surface area contributed by atoms with Gasteiger partial charge in [0.05, 0.1) is 12.6 Å². The van der Waals surface area contributed by atoms with E-state index in [0.29, 0.717) is 13.2 Å². The van der Waals surface area contributed by atoms with Crippen LogP contribution in [0, 0.1) is 5.82 Å². The highest BCUT2D eigenvalue weighted by Gasteiger charge is 2.28. The van der Waals surface area contributed by atoms with Gasteiger partial charge in [-0.15, -0.1) is 0 Å². The molecule has 174 valence electrons. The first-order valence-corrected chi connectivity index (χ1v) is 11.4. The third-order valence-electron chi connectivity index (χ3n) is 6.22. The molecule has 3 aromatic carbocycles. The van der Waals surface area contributed by atoms with Crippen LogP contribution >= 0.6 is 0 Å². The summed E-state index contributed by atoms with van der Waals surface area (Å²) >= 11 is 0. The van der Waals surface area contributed by atoms with Crippen molar-refractivity contribution in [3.63, 3.8) is 0 Å². The molecule has 0 aliphatic carbocycles. The van der Waals surface area contributed by atoms with Crippen LogP contribution in [0.2, 0.25) is 0 Å². The van der Waals surface area contributed by atoms with Crippen LogP contribution < -0.4 is 9.64 Å². The van der Waals surface area contributed by atoms with E-state index in [2.05, 4.69) is 17.0 Å². The molecular formula is C27H31FN2O3. The number of nitrogens with zero attached hydrogens (tertiary/aromatic N) is 2. The smallest absolute Gasteiger partial charge is 0.123 e. The fourth-order valence-electron chi connectivity index (χ4n) is 4.41. The van der Waals surface area contributed by atoms with Crippen molar-refractivity contribution in [3.8, 4) is 11.5 Å². The molecular weight excluding hydrogens is 419 g/mol. The molecule has 0 bridgehead atoms. The Kier molecular flexibility index (Phi) is 7.47. The molecule has 1 unspecified atom stereocenters. The second-order valence-corrected chi connectivity index (χ2v) is 8.54. The quantitative estimate of drug-likeness (QED) is 0.512. The van der Waals surface area contributed by atoms with E-state index in [1.165, 1.54) is 23.3 Å². The Hall–Kier alpha value is -3.09. The van der Waals surface area contributed by atoms with E-state index in [4.69, 9.17) is 9.84 Å². The molecule has 1 aliphatic heterocycles. The highest BCUT2D eigenvalue weighted by molar-refractivity contribution is 5.53. The molecule has 4 rings (SSSR count). The van der Waals surface area contributed by atoms with Crippen molar-refractivity contribution in [1.29, 1.82) is 0 Å². The SMILES string of the molecule is CN(CCO)CCOc1ccc(CC2c3ccc(O)cc3CCN2c2ccc(F)cc2)cc1. The predicted molar refractivity (Wildman–Crippen MR) is 129 cm³/mol. The number of aliphatic hydroxyl groups excluding tert-OH is 1.